The summed E-state index contributed by atoms with van der Waals surface area (Å²) in [6.45, 7) is 0.864. The maximum absolute atomic E-state index is 13.2. The molecule has 2 atom stereocenters. The van der Waals surface area contributed by atoms with Gasteiger partial charge in [0.2, 0.25) is 5.91 Å². The van der Waals surface area contributed by atoms with Gasteiger partial charge in [0.05, 0.1) is 0 Å². The molecule has 2 saturated carbocycles. The Balaban J connectivity index is 1.52. The Bertz CT molecular complexity index is 531. The average molecular weight is 263 g/mol. The first kappa shape index (κ1) is 11.4. The Kier molecular flexibility index (Phi) is 2.26. The second-order valence-electron chi connectivity index (χ2n) is 6.01. The zero-order valence-corrected chi connectivity index (χ0v) is 10.5. The zero-order chi connectivity index (χ0) is 13.1. The van der Waals surface area contributed by atoms with Crippen LogP contribution < -0.4 is 0 Å². The number of carbonyl (C=O) groups is 1. The number of halogens is 2. The fraction of sp³-hybridized carbons (Fsp3) is 0.533. The van der Waals surface area contributed by atoms with Crippen molar-refractivity contribution in [2.45, 2.75) is 32.4 Å². The van der Waals surface area contributed by atoms with Crippen molar-refractivity contribution in [2.75, 3.05) is 0 Å². The minimum atomic E-state index is -0.823. The van der Waals surface area contributed by atoms with Crippen molar-refractivity contribution in [1.29, 1.82) is 0 Å². The van der Waals surface area contributed by atoms with Gasteiger partial charge in [0.15, 0.2) is 11.6 Å². The highest BCUT2D eigenvalue weighted by Gasteiger charge is 2.57. The Morgan fingerprint density at radius 2 is 1.58 bits per heavy atom. The molecule has 2 aliphatic carbocycles. The number of benzene rings is 1. The van der Waals surface area contributed by atoms with E-state index in [4.69, 9.17) is 0 Å². The van der Waals surface area contributed by atoms with Crippen molar-refractivity contribution < 1.29 is 13.6 Å². The number of hydrogen-bond acceptors (Lipinski definition) is 1. The third-order valence-electron chi connectivity index (χ3n) is 4.97. The van der Waals surface area contributed by atoms with E-state index in [-0.39, 0.29) is 11.8 Å². The van der Waals surface area contributed by atoms with E-state index in [1.165, 1.54) is 31.4 Å². The van der Waals surface area contributed by atoms with Crippen molar-refractivity contribution in [2.24, 2.45) is 17.8 Å². The fourth-order valence-electron chi connectivity index (χ4n) is 3.95. The van der Waals surface area contributed by atoms with Crippen LogP contribution in [-0.2, 0) is 17.9 Å². The Labute approximate surface area is 110 Å². The van der Waals surface area contributed by atoms with Crippen LogP contribution >= 0.6 is 0 Å². The second kappa shape index (κ2) is 3.78. The zero-order valence-electron chi connectivity index (χ0n) is 10.5. The molecule has 0 bridgehead atoms. The lowest BCUT2D eigenvalue weighted by molar-refractivity contribution is -0.134. The average Bonchev–Trinajstić information content (AvgIpc) is 2.77. The lowest BCUT2D eigenvalue weighted by Gasteiger charge is -2.16. The van der Waals surface area contributed by atoms with E-state index in [0.717, 1.165) is 11.1 Å². The summed E-state index contributed by atoms with van der Waals surface area (Å²) >= 11 is 0. The van der Waals surface area contributed by atoms with E-state index in [9.17, 15) is 13.6 Å². The van der Waals surface area contributed by atoms with Crippen LogP contribution in [0.25, 0.3) is 0 Å². The molecule has 2 fully saturated rings. The number of fused-ring (bicyclic) bond motifs is 2. The van der Waals surface area contributed by atoms with E-state index >= 15 is 0 Å². The van der Waals surface area contributed by atoms with Gasteiger partial charge in [-0.1, -0.05) is 6.42 Å². The van der Waals surface area contributed by atoms with Crippen molar-refractivity contribution in [1.82, 2.24) is 4.90 Å². The molecule has 0 N–H and O–H groups in total. The molecule has 4 heteroatoms. The molecule has 2 unspecified atom stereocenters. The summed E-state index contributed by atoms with van der Waals surface area (Å²) in [7, 11) is 0. The maximum atomic E-state index is 13.2. The molecule has 100 valence electrons. The van der Waals surface area contributed by atoms with Crippen LogP contribution in [0.5, 0.6) is 0 Å². The molecule has 0 saturated heterocycles. The van der Waals surface area contributed by atoms with Gasteiger partial charge in [-0.2, -0.15) is 0 Å². The highest BCUT2D eigenvalue weighted by atomic mass is 19.2. The molecule has 0 radical (unpaired) electrons. The largest absolute Gasteiger partial charge is 0.334 e. The number of rotatable bonds is 1. The van der Waals surface area contributed by atoms with Crippen LogP contribution in [0, 0.1) is 29.4 Å². The van der Waals surface area contributed by atoms with E-state index in [1.807, 2.05) is 0 Å². The van der Waals surface area contributed by atoms with Gasteiger partial charge >= 0.3 is 0 Å². The van der Waals surface area contributed by atoms with Crippen molar-refractivity contribution in [3.05, 3.63) is 34.9 Å². The van der Waals surface area contributed by atoms with Gasteiger partial charge in [-0.25, -0.2) is 8.78 Å². The van der Waals surface area contributed by atoms with Crippen LogP contribution in [0.3, 0.4) is 0 Å². The third-order valence-corrected chi connectivity index (χ3v) is 4.97. The Morgan fingerprint density at radius 1 is 1.05 bits per heavy atom. The monoisotopic (exact) mass is 263 g/mol. The summed E-state index contributed by atoms with van der Waals surface area (Å²) in [6.07, 6.45) is 3.59. The minimum absolute atomic E-state index is 0.187. The number of hydrogen-bond donors (Lipinski definition) is 0. The molecule has 1 aromatic rings. The van der Waals surface area contributed by atoms with Crippen LogP contribution in [0.1, 0.15) is 30.4 Å². The normalized spacial score (nSPS) is 31.3. The highest BCUT2D eigenvalue weighted by molar-refractivity contribution is 5.83. The standard InChI is InChI=1S/C15H15F2NO/c16-12-4-8-6-18(7-9(8)5-13(12)17)15(19)14-10-2-1-3-11(10)14/h4-5,10-11,14H,1-3,6-7H2. The maximum Gasteiger partial charge on any atom is 0.226 e. The van der Waals surface area contributed by atoms with Crippen molar-refractivity contribution >= 4 is 5.91 Å². The molecule has 1 aromatic carbocycles. The Morgan fingerprint density at radius 3 is 2.11 bits per heavy atom. The van der Waals surface area contributed by atoms with Gasteiger partial charge in [-0.05, 0) is 47.9 Å². The van der Waals surface area contributed by atoms with E-state index < -0.39 is 11.6 Å². The van der Waals surface area contributed by atoms with Gasteiger partial charge in [-0.3, -0.25) is 4.79 Å². The molecule has 4 rings (SSSR count). The summed E-state index contributed by atoms with van der Waals surface area (Å²) < 4.78 is 26.4. The van der Waals surface area contributed by atoms with Crippen LogP contribution in [0.2, 0.25) is 0 Å². The quantitative estimate of drug-likeness (QED) is 0.763. The molecular weight excluding hydrogens is 248 g/mol. The summed E-state index contributed by atoms with van der Waals surface area (Å²) in [4.78, 5) is 14.2. The first-order valence-electron chi connectivity index (χ1n) is 6.91. The summed E-state index contributed by atoms with van der Waals surface area (Å²) in [5.41, 5.74) is 1.50. The SMILES string of the molecule is O=C(C1C2CCCC21)N1Cc2cc(F)c(F)cc2C1. The van der Waals surface area contributed by atoms with Crippen molar-refractivity contribution in [3.8, 4) is 0 Å². The Hall–Kier alpha value is -1.45. The van der Waals surface area contributed by atoms with Gasteiger partial charge in [0.25, 0.3) is 0 Å². The predicted octanol–water partition coefficient (Wildman–Crippen LogP) is 2.85. The minimum Gasteiger partial charge on any atom is -0.334 e. The van der Waals surface area contributed by atoms with E-state index in [0.29, 0.717) is 24.9 Å². The van der Waals surface area contributed by atoms with Crippen LogP contribution in [0.15, 0.2) is 12.1 Å². The highest BCUT2D eigenvalue weighted by Crippen LogP contribution is 2.58. The molecular formula is C15H15F2NO. The molecule has 19 heavy (non-hydrogen) atoms. The lowest BCUT2D eigenvalue weighted by Crippen LogP contribution is -2.28. The predicted molar refractivity (Wildman–Crippen MR) is 64.9 cm³/mol. The third kappa shape index (κ3) is 1.62. The molecule has 1 amide bonds. The first-order chi connectivity index (χ1) is 9.15. The second-order valence-corrected chi connectivity index (χ2v) is 6.01. The van der Waals surface area contributed by atoms with Crippen molar-refractivity contribution in [3.63, 3.8) is 0 Å². The van der Waals surface area contributed by atoms with E-state index in [2.05, 4.69) is 0 Å². The first-order valence-corrected chi connectivity index (χ1v) is 6.91. The summed E-state index contributed by atoms with van der Waals surface area (Å²) in [5.74, 6) is -0.0912. The lowest BCUT2D eigenvalue weighted by atomic mass is 10.1. The summed E-state index contributed by atoms with van der Waals surface area (Å²) in [6, 6.07) is 2.46. The molecule has 1 aliphatic heterocycles. The van der Waals surface area contributed by atoms with Gasteiger partial charge in [-0.15, -0.1) is 0 Å². The van der Waals surface area contributed by atoms with Gasteiger partial charge in [0.1, 0.15) is 0 Å². The smallest absolute Gasteiger partial charge is 0.226 e. The van der Waals surface area contributed by atoms with Crippen LogP contribution in [0.4, 0.5) is 8.78 Å². The fourth-order valence-corrected chi connectivity index (χ4v) is 3.95. The molecule has 1 heterocycles. The molecule has 3 aliphatic rings. The molecule has 2 nitrogen and oxygen atoms in total. The number of amides is 1. The van der Waals surface area contributed by atoms with Gasteiger partial charge in [0, 0.05) is 19.0 Å². The van der Waals surface area contributed by atoms with Crippen LogP contribution in [-0.4, -0.2) is 10.8 Å². The number of carbonyl (C=O) groups excluding carboxylic acids is 1. The molecule has 0 spiro atoms. The summed E-state index contributed by atoms with van der Waals surface area (Å²) in [5, 5.41) is 0. The van der Waals surface area contributed by atoms with Gasteiger partial charge < -0.3 is 4.90 Å². The number of nitrogens with zero attached hydrogens (tertiary/aromatic N) is 1. The molecule has 0 aromatic heterocycles. The topological polar surface area (TPSA) is 20.3 Å². The van der Waals surface area contributed by atoms with E-state index in [1.54, 1.807) is 4.90 Å².